The molecular formula is C18H23N3O3. The molecule has 3 amide bonds. The van der Waals surface area contributed by atoms with Crippen LogP contribution in [0.15, 0.2) is 24.3 Å². The van der Waals surface area contributed by atoms with Crippen molar-refractivity contribution >= 4 is 23.4 Å². The van der Waals surface area contributed by atoms with Crippen LogP contribution in [0.1, 0.15) is 42.5 Å². The SMILES string of the molecule is O=C(NCCCN1CCCC1=O)c1ccc(NC(=O)C2CC2)cc1. The lowest BCUT2D eigenvalue weighted by molar-refractivity contribution is -0.127. The molecule has 1 heterocycles. The highest BCUT2D eigenvalue weighted by Crippen LogP contribution is 2.30. The Morgan fingerprint density at radius 2 is 1.92 bits per heavy atom. The molecule has 1 aliphatic heterocycles. The van der Waals surface area contributed by atoms with E-state index in [9.17, 15) is 14.4 Å². The molecule has 2 N–H and O–H groups in total. The fraction of sp³-hybridized carbons (Fsp3) is 0.500. The van der Waals surface area contributed by atoms with Crippen molar-refractivity contribution in [3.8, 4) is 0 Å². The van der Waals surface area contributed by atoms with Crippen LogP contribution < -0.4 is 10.6 Å². The van der Waals surface area contributed by atoms with Gasteiger partial charge in [-0.3, -0.25) is 14.4 Å². The molecule has 0 atom stereocenters. The van der Waals surface area contributed by atoms with E-state index in [1.165, 1.54) is 0 Å². The van der Waals surface area contributed by atoms with Gasteiger partial charge in [-0.25, -0.2) is 0 Å². The van der Waals surface area contributed by atoms with Crippen molar-refractivity contribution in [1.29, 1.82) is 0 Å². The minimum Gasteiger partial charge on any atom is -0.352 e. The van der Waals surface area contributed by atoms with Crippen molar-refractivity contribution in [3.63, 3.8) is 0 Å². The second kappa shape index (κ2) is 7.47. The monoisotopic (exact) mass is 329 g/mol. The average molecular weight is 329 g/mol. The molecule has 0 bridgehead atoms. The molecule has 2 fully saturated rings. The van der Waals surface area contributed by atoms with Crippen LogP contribution in [0.2, 0.25) is 0 Å². The number of rotatable bonds is 7. The third kappa shape index (κ3) is 4.34. The molecule has 2 aliphatic rings. The number of likely N-dealkylation sites (tertiary alicyclic amines) is 1. The molecule has 1 saturated carbocycles. The van der Waals surface area contributed by atoms with Crippen molar-refractivity contribution in [2.45, 2.75) is 32.1 Å². The van der Waals surface area contributed by atoms with Crippen LogP contribution in [0.3, 0.4) is 0 Å². The highest BCUT2D eigenvalue weighted by molar-refractivity contribution is 5.96. The third-order valence-electron chi connectivity index (χ3n) is 4.42. The second-order valence-corrected chi connectivity index (χ2v) is 6.43. The molecule has 0 radical (unpaired) electrons. The average Bonchev–Trinajstić information content (AvgIpc) is 3.36. The van der Waals surface area contributed by atoms with Crippen molar-refractivity contribution in [2.24, 2.45) is 5.92 Å². The Hall–Kier alpha value is -2.37. The molecule has 1 saturated heterocycles. The number of carbonyl (C=O) groups is 3. The first kappa shape index (κ1) is 16.5. The smallest absolute Gasteiger partial charge is 0.251 e. The second-order valence-electron chi connectivity index (χ2n) is 6.43. The van der Waals surface area contributed by atoms with Crippen LogP contribution in [0.25, 0.3) is 0 Å². The Morgan fingerprint density at radius 3 is 2.54 bits per heavy atom. The lowest BCUT2D eigenvalue weighted by Crippen LogP contribution is -2.30. The zero-order valence-corrected chi connectivity index (χ0v) is 13.7. The van der Waals surface area contributed by atoms with Crippen molar-refractivity contribution in [3.05, 3.63) is 29.8 Å². The molecule has 1 aromatic carbocycles. The molecule has 0 unspecified atom stereocenters. The van der Waals surface area contributed by atoms with E-state index in [0.29, 0.717) is 25.1 Å². The summed E-state index contributed by atoms with van der Waals surface area (Å²) in [5.74, 6) is 0.298. The number of nitrogens with one attached hydrogen (secondary N) is 2. The van der Waals surface area contributed by atoms with Crippen LogP contribution in [0.4, 0.5) is 5.69 Å². The van der Waals surface area contributed by atoms with E-state index in [1.807, 2.05) is 4.90 Å². The van der Waals surface area contributed by atoms with Crippen LogP contribution in [-0.2, 0) is 9.59 Å². The molecule has 6 nitrogen and oxygen atoms in total. The van der Waals surface area contributed by atoms with Crippen molar-refractivity contribution in [1.82, 2.24) is 10.2 Å². The first-order chi connectivity index (χ1) is 11.6. The zero-order chi connectivity index (χ0) is 16.9. The molecule has 3 rings (SSSR count). The quantitative estimate of drug-likeness (QED) is 0.749. The predicted molar refractivity (Wildman–Crippen MR) is 90.6 cm³/mol. The maximum atomic E-state index is 12.1. The van der Waals surface area contributed by atoms with Crippen molar-refractivity contribution in [2.75, 3.05) is 25.0 Å². The fourth-order valence-corrected chi connectivity index (χ4v) is 2.81. The maximum absolute atomic E-state index is 12.1. The Kier molecular flexibility index (Phi) is 5.13. The van der Waals surface area contributed by atoms with Gasteiger partial charge in [-0.05, 0) is 49.9 Å². The van der Waals surface area contributed by atoms with Crippen LogP contribution in [0, 0.1) is 5.92 Å². The summed E-state index contributed by atoms with van der Waals surface area (Å²) in [4.78, 5) is 37.1. The number of benzene rings is 1. The molecule has 0 spiro atoms. The van der Waals surface area contributed by atoms with Crippen molar-refractivity contribution < 1.29 is 14.4 Å². The first-order valence-corrected chi connectivity index (χ1v) is 8.60. The maximum Gasteiger partial charge on any atom is 0.251 e. The molecule has 6 heteroatoms. The highest BCUT2D eigenvalue weighted by atomic mass is 16.2. The number of nitrogens with zero attached hydrogens (tertiary/aromatic N) is 1. The van der Waals surface area contributed by atoms with E-state index in [1.54, 1.807) is 24.3 Å². The molecule has 1 aromatic rings. The van der Waals surface area contributed by atoms with Gasteiger partial charge in [0.25, 0.3) is 5.91 Å². The Labute approximate surface area is 141 Å². The largest absolute Gasteiger partial charge is 0.352 e. The van der Waals surface area contributed by atoms with Gasteiger partial charge in [-0.2, -0.15) is 0 Å². The van der Waals surface area contributed by atoms with Crippen LogP contribution in [-0.4, -0.2) is 42.3 Å². The number of hydrogen-bond acceptors (Lipinski definition) is 3. The summed E-state index contributed by atoms with van der Waals surface area (Å²) >= 11 is 0. The van der Waals surface area contributed by atoms with E-state index >= 15 is 0 Å². The van der Waals surface area contributed by atoms with Gasteiger partial charge in [0.15, 0.2) is 0 Å². The summed E-state index contributed by atoms with van der Waals surface area (Å²) < 4.78 is 0. The standard InChI is InChI=1S/C18H23N3O3/c22-16-3-1-11-21(16)12-2-10-19-17(23)13-6-8-15(9-7-13)20-18(24)14-4-5-14/h6-9,14H,1-5,10-12H2,(H,19,23)(H,20,24). The van der Waals surface area contributed by atoms with E-state index in [0.717, 1.165) is 37.9 Å². The lowest BCUT2D eigenvalue weighted by Gasteiger charge is -2.15. The summed E-state index contributed by atoms with van der Waals surface area (Å²) in [6.07, 6.45) is 4.28. The van der Waals surface area contributed by atoms with Crippen LogP contribution in [0.5, 0.6) is 0 Å². The van der Waals surface area contributed by atoms with Gasteiger partial charge >= 0.3 is 0 Å². The Morgan fingerprint density at radius 1 is 1.17 bits per heavy atom. The number of amides is 3. The lowest BCUT2D eigenvalue weighted by atomic mass is 10.2. The van der Waals surface area contributed by atoms with Gasteiger partial charge in [-0.1, -0.05) is 0 Å². The molecule has 24 heavy (non-hydrogen) atoms. The van der Waals surface area contributed by atoms with E-state index in [2.05, 4.69) is 10.6 Å². The summed E-state index contributed by atoms with van der Waals surface area (Å²) in [6.45, 7) is 2.08. The summed E-state index contributed by atoms with van der Waals surface area (Å²) in [5.41, 5.74) is 1.28. The van der Waals surface area contributed by atoms with E-state index in [4.69, 9.17) is 0 Å². The zero-order valence-electron chi connectivity index (χ0n) is 13.7. The molecule has 1 aliphatic carbocycles. The molecule has 0 aromatic heterocycles. The minimum absolute atomic E-state index is 0.0589. The highest BCUT2D eigenvalue weighted by Gasteiger charge is 2.29. The minimum atomic E-state index is -0.136. The Balaban J connectivity index is 1.39. The predicted octanol–water partition coefficient (Wildman–Crippen LogP) is 1.78. The molecular weight excluding hydrogens is 306 g/mol. The molecule has 128 valence electrons. The summed E-state index contributed by atoms with van der Waals surface area (Å²) in [7, 11) is 0. The topological polar surface area (TPSA) is 78.5 Å². The van der Waals surface area contributed by atoms with Crippen LogP contribution >= 0.6 is 0 Å². The van der Waals surface area contributed by atoms with Gasteiger partial charge in [0.2, 0.25) is 11.8 Å². The van der Waals surface area contributed by atoms with E-state index < -0.39 is 0 Å². The number of carbonyl (C=O) groups excluding carboxylic acids is 3. The number of hydrogen-bond donors (Lipinski definition) is 2. The van der Waals surface area contributed by atoms with E-state index in [-0.39, 0.29) is 23.6 Å². The van der Waals surface area contributed by atoms with Gasteiger partial charge in [0.1, 0.15) is 0 Å². The summed E-state index contributed by atoms with van der Waals surface area (Å²) in [5, 5.41) is 5.71. The third-order valence-corrected chi connectivity index (χ3v) is 4.42. The first-order valence-electron chi connectivity index (χ1n) is 8.60. The Bertz CT molecular complexity index is 623. The van der Waals surface area contributed by atoms with Gasteiger partial charge in [-0.15, -0.1) is 0 Å². The normalized spacial score (nSPS) is 17.0. The van der Waals surface area contributed by atoms with Gasteiger partial charge in [0, 0.05) is 43.2 Å². The fourth-order valence-electron chi connectivity index (χ4n) is 2.81. The van der Waals surface area contributed by atoms with Gasteiger partial charge < -0.3 is 15.5 Å². The van der Waals surface area contributed by atoms with Gasteiger partial charge in [0.05, 0.1) is 0 Å². The number of anilines is 1. The summed E-state index contributed by atoms with van der Waals surface area (Å²) in [6, 6.07) is 6.92.